The molecule has 0 aliphatic carbocycles. The molecule has 5 heteroatoms. The van der Waals surface area contributed by atoms with Crippen molar-refractivity contribution >= 4 is 28.2 Å². The van der Waals surface area contributed by atoms with Gasteiger partial charge in [0.15, 0.2) is 0 Å². The zero-order valence-electron chi connectivity index (χ0n) is 14.3. The van der Waals surface area contributed by atoms with Crippen LogP contribution < -0.4 is 15.8 Å². The van der Waals surface area contributed by atoms with Crippen molar-refractivity contribution in [2.24, 2.45) is 5.92 Å². The fraction of sp³-hybridized carbons (Fsp3) is 0.300. The number of rotatable bonds is 3. The highest BCUT2D eigenvalue weighted by Gasteiger charge is 2.16. The van der Waals surface area contributed by atoms with Gasteiger partial charge in [0.1, 0.15) is 0 Å². The fourth-order valence-corrected chi connectivity index (χ4v) is 3.46. The van der Waals surface area contributed by atoms with E-state index < -0.39 is 0 Å². The third-order valence-corrected chi connectivity index (χ3v) is 4.77. The van der Waals surface area contributed by atoms with E-state index in [1.165, 1.54) is 18.5 Å². The number of piperidine rings is 1. The molecule has 1 saturated heterocycles. The summed E-state index contributed by atoms with van der Waals surface area (Å²) < 4.78 is 0. The minimum absolute atomic E-state index is 0.132. The largest absolute Gasteiger partial charge is 0.371 e. The van der Waals surface area contributed by atoms with Gasteiger partial charge in [-0.25, -0.2) is 4.98 Å². The van der Waals surface area contributed by atoms with Gasteiger partial charge in [-0.2, -0.15) is 0 Å². The van der Waals surface area contributed by atoms with E-state index in [-0.39, 0.29) is 5.56 Å². The van der Waals surface area contributed by atoms with Crippen molar-refractivity contribution in [1.29, 1.82) is 0 Å². The van der Waals surface area contributed by atoms with Crippen molar-refractivity contribution < 1.29 is 0 Å². The lowest BCUT2D eigenvalue weighted by molar-refractivity contribution is 0.447. The van der Waals surface area contributed by atoms with Gasteiger partial charge in [0.25, 0.3) is 5.56 Å². The number of nitrogens with one attached hydrogen (secondary N) is 2. The van der Waals surface area contributed by atoms with Gasteiger partial charge >= 0.3 is 0 Å². The van der Waals surface area contributed by atoms with Crippen molar-refractivity contribution in [1.82, 2.24) is 9.97 Å². The topological polar surface area (TPSA) is 61.0 Å². The zero-order chi connectivity index (χ0) is 17.2. The van der Waals surface area contributed by atoms with Crippen LogP contribution in [0.25, 0.3) is 10.9 Å². The summed E-state index contributed by atoms with van der Waals surface area (Å²) in [5.74, 6) is 1.21. The van der Waals surface area contributed by atoms with E-state index in [9.17, 15) is 4.79 Å². The summed E-state index contributed by atoms with van der Waals surface area (Å²) in [6, 6.07) is 15.7. The van der Waals surface area contributed by atoms with Gasteiger partial charge in [0.05, 0.1) is 10.9 Å². The van der Waals surface area contributed by atoms with Crippen LogP contribution in [0.4, 0.5) is 17.3 Å². The molecule has 1 atom stereocenters. The normalized spacial score (nSPS) is 17.6. The second-order valence-corrected chi connectivity index (χ2v) is 6.80. The van der Waals surface area contributed by atoms with Crippen LogP contribution in [0.15, 0.2) is 53.3 Å². The number of fused-ring (bicyclic) bond motifs is 1. The number of hydrogen-bond acceptors (Lipinski definition) is 4. The highest BCUT2D eigenvalue weighted by atomic mass is 16.1. The molecule has 0 radical (unpaired) electrons. The average molecular weight is 334 g/mol. The fourth-order valence-electron chi connectivity index (χ4n) is 3.46. The van der Waals surface area contributed by atoms with Crippen molar-refractivity contribution in [3.63, 3.8) is 0 Å². The quantitative estimate of drug-likeness (QED) is 0.762. The van der Waals surface area contributed by atoms with Crippen LogP contribution >= 0.6 is 0 Å². The lowest BCUT2D eigenvalue weighted by Gasteiger charge is -2.32. The lowest BCUT2D eigenvalue weighted by atomic mass is 10.00. The first kappa shape index (κ1) is 15.7. The molecule has 2 N–H and O–H groups in total. The van der Waals surface area contributed by atoms with Crippen LogP contribution in [0.5, 0.6) is 0 Å². The summed E-state index contributed by atoms with van der Waals surface area (Å²) in [6.07, 6.45) is 2.57. The van der Waals surface area contributed by atoms with Gasteiger partial charge in [-0.3, -0.25) is 9.78 Å². The summed E-state index contributed by atoms with van der Waals surface area (Å²) in [4.78, 5) is 21.8. The molecule has 2 heterocycles. The number of aromatic amines is 1. The number of aromatic nitrogens is 2. The average Bonchev–Trinajstić information content (AvgIpc) is 2.62. The first-order valence-corrected chi connectivity index (χ1v) is 8.80. The molecule has 2 aromatic carbocycles. The number of anilines is 3. The van der Waals surface area contributed by atoms with Crippen LogP contribution in [0.3, 0.4) is 0 Å². The van der Waals surface area contributed by atoms with E-state index in [0.717, 1.165) is 24.7 Å². The van der Waals surface area contributed by atoms with Gasteiger partial charge in [-0.15, -0.1) is 0 Å². The number of H-pyrrole nitrogens is 1. The van der Waals surface area contributed by atoms with Crippen LogP contribution in [0.2, 0.25) is 0 Å². The summed E-state index contributed by atoms with van der Waals surface area (Å²) in [7, 11) is 0. The third kappa shape index (κ3) is 3.36. The molecule has 5 nitrogen and oxygen atoms in total. The second kappa shape index (κ2) is 6.59. The van der Waals surface area contributed by atoms with Crippen LogP contribution in [-0.2, 0) is 0 Å². The molecule has 1 fully saturated rings. The van der Waals surface area contributed by atoms with E-state index in [1.54, 1.807) is 6.07 Å². The third-order valence-electron chi connectivity index (χ3n) is 4.77. The van der Waals surface area contributed by atoms with Crippen molar-refractivity contribution in [2.45, 2.75) is 19.8 Å². The smallest absolute Gasteiger partial charge is 0.260 e. The molecular weight excluding hydrogens is 312 g/mol. The second-order valence-electron chi connectivity index (χ2n) is 6.80. The SMILES string of the molecule is CC1CCCN(c2ccc(Nc3nc4ccccc4c(=O)[nH]3)cc2)C1. The van der Waals surface area contributed by atoms with Crippen molar-refractivity contribution in [3.05, 3.63) is 58.9 Å². The van der Waals surface area contributed by atoms with Gasteiger partial charge in [0.2, 0.25) is 5.95 Å². The molecule has 25 heavy (non-hydrogen) atoms. The summed E-state index contributed by atoms with van der Waals surface area (Å²) in [6.45, 7) is 4.55. The number of hydrogen-bond donors (Lipinski definition) is 2. The number of benzene rings is 2. The Hall–Kier alpha value is -2.82. The van der Waals surface area contributed by atoms with Crippen molar-refractivity contribution in [3.8, 4) is 0 Å². The van der Waals surface area contributed by atoms with E-state index >= 15 is 0 Å². The van der Waals surface area contributed by atoms with Crippen LogP contribution in [0, 0.1) is 5.92 Å². The molecule has 128 valence electrons. The molecule has 1 aromatic heterocycles. The first-order valence-electron chi connectivity index (χ1n) is 8.80. The minimum Gasteiger partial charge on any atom is -0.371 e. The van der Waals surface area contributed by atoms with Gasteiger partial charge in [-0.1, -0.05) is 19.1 Å². The Bertz CT molecular complexity index is 932. The lowest BCUT2D eigenvalue weighted by Crippen LogP contribution is -2.34. The Morgan fingerprint density at radius 2 is 1.96 bits per heavy atom. The Labute approximate surface area is 146 Å². The number of para-hydroxylation sites is 1. The highest BCUT2D eigenvalue weighted by molar-refractivity contribution is 5.78. The van der Waals surface area contributed by atoms with Gasteiger partial charge in [-0.05, 0) is 55.2 Å². The maximum Gasteiger partial charge on any atom is 0.260 e. The molecule has 1 unspecified atom stereocenters. The monoisotopic (exact) mass is 334 g/mol. The standard InChI is InChI=1S/C20H22N4O/c1-14-5-4-12-24(13-14)16-10-8-15(9-11-16)21-20-22-18-7-3-2-6-17(18)19(25)23-20/h2-3,6-11,14H,4-5,12-13H2,1H3,(H2,21,22,23,25). The maximum absolute atomic E-state index is 12.1. The van der Waals surface area contributed by atoms with Gasteiger partial charge < -0.3 is 10.2 Å². The molecule has 3 aromatic rings. The van der Waals surface area contributed by atoms with E-state index in [4.69, 9.17) is 0 Å². The zero-order valence-corrected chi connectivity index (χ0v) is 14.3. The Kier molecular flexibility index (Phi) is 4.14. The molecule has 4 rings (SSSR count). The molecule has 0 spiro atoms. The predicted octanol–water partition coefficient (Wildman–Crippen LogP) is 3.90. The van der Waals surface area contributed by atoms with Crippen LogP contribution in [0.1, 0.15) is 19.8 Å². The summed E-state index contributed by atoms with van der Waals surface area (Å²) in [5, 5.41) is 3.79. The Morgan fingerprint density at radius 3 is 2.76 bits per heavy atom. The van der Waals surface area contributed by atoms with E-state index in [0.29, 0.717) is 16.9 Å². The minimum atomic E-state index is -0.132. The van der Waals surface area contributed by atoms with Crippen molar-refractivity contribution in [2.75, 3.05) is 23.3 Å². The summed E-state index contributed by atoms with van der Waals surface area (Å²) >= 11 is 0. The molecule has 0 saturated carbocycles. The molecule has 1 aliphatic rings. The molecule has 0 bridgehead atoms. The first-order chi connectivity index (χ1) is 12.2. The highest BCUT2D eigenvalue weighted by Crippen LogP contribution is 2.25. The van der Waals surface area contributed by atoms with E-state index in [1.807, 2.05) is 30.3 Å². The molecule has 1 aliphatic heterocycles. The Balaban J connectivity index is 1.54. The van der Waals surface area contributed by atoms with Gasteiger partial charge in [0, 0.05) is 24.5 Å². The number of nitrogens with zero attached hydrogens (tertiary/aromatic N) is 2. The van der Waals surface area contributed by atoms with E-state index in [2.05, 4.69) is 39.2 Å². The maximum atomic E-state index is 12.1. The Morgan fingerprint density at radius 1 is 1.16 bits per heavy atom. The predicted molar refractivity (Wildman–Crippen MR) is 103 cm³/mol. The molecule has 0 amide bonds. The van der Waals surface area contributed by atoms with Crippen LogP contribution in [-0.4, -0.2) is 23.1 Å². The molecular formula is C20H22N4O. The summed E-state index contributed by atoms with van der Waals surface area (Å²) in [5.41, 5.74) is 2.71.